The van der Waals surface area contributed by atoms with Crippen molar-refractivity contribution in [3.63, 3.8) is 0 Å². The van der Waals surface area contributed by atoms with Crippen molar-refractivity contribution in [3.05, 3.63) is 72.8 Å². The fourth-order valence-electron chi connectivity index (χ4n) is 3.68. The molecule has 0 saturated heterocycles. The van der Waals surface area contributed by atoms with E-state index in [9.17, 15) is 5.11 Å². The van der Waals surface area contributed by atoms with Crippen molar-refractivity contribution in [2.75, 3.05) is 5.73 Å². The molecular formula is C22H16N2O. The molecular weight excluding hydrogens is 308 g/mol. The van der Waals surface area contributed by atoms with Crippen LogP contribution >= 0.6 is 0 Å². The van der Waals surface area contributed by atoms with Crippen molar-refractivity contribution in [2.24, 2.45) is 0 Å². The summed E-state index contributed by atoms with van der Waals surface area (Å²) in [5, 5.41) is 14.4. The first-order chi connectivity index (χ1) is 12.2. The van der Waals surface area contributed by atoms with Gasteiger partial charge >= 0.3 is 0 Å². The Morgan fingerprint density at radius 2 is 1.64 bits per heavy atom. The summed E-state index contributed by atoms with van der Waals surface area (Å²) in [5.41, 5.74) is 11.1. The molecule has 1 aromatic heterocycles. The third-order valence-corrected chi connectivity index (χ3v) is 4.80. The smallest absolute Gasteiger partial charge is 0.116 e. The van der Waals surface area contributed by atoms with Crippen LogP contribution in [0.1, 0.15) is 0 Å². The van der Waals surface area contributed by atoms with E-state index in [1.54, 1.807) is 6.07 Å². The van der Waals surface area contributed by atoms with E-state index in [-0.39, 0.29) is 5.75 Å². The van der Waals surface area contributed by atoms with Gasteiger partial charge in [-0.3, -0.25) is 0 Å². The van der Waals surface area contributed by atoms with E-state index < -0.39 is 0 Å². The summed E-state index contributed by atoms with van der Waals surface area (Å²) >= 11 is 0. The number of hydrogen-bond acceptors (Lipinski definition) is 2. The van der Waals surface area contributed by atoms with Gasteiger partial charge < -0.3 is 15.8 Å². The lowest BCUT2D eigenvalue weighted by atomic mass is 9.99. The largest absolute Gasteiger partial charge is 0.508 e. The first-order valence-corrected chi connectivity index (χ1v) is 8.23. The van der Waals surface area contributed by atoms with Crippen LogP contribution in [-0.4, -0.2) is 10.1 Å². The number of aromatic amines is 1. The number of nitrogens with two attached hydrogens (primary N) is 1. The molecule has 0 fully saturated rings. The molecule has 5 aromatic rings. The summed E-state index contributed by atoms with van der Waals surface area (Å²) in [4.78, 5) is 3.55. The van der Waals surface area contributed by atoms with Crippen LogP contribution in [0.3, 0.4) is 0 Å². The normalized spacial score (nSPS) is 11.5. The minimum absolute atomic E-state index is 0.279. The van der Waals surface area contributed by atoms with E-state index in [1.165, 1.54) is 0 Å². The first-order valence-electron chi connectivity index (χ1n) is 8.23. The number of fused-ring (bicyclic) bond motifs is 5. The van der Waals surface area contributed by atoms with E-state index >= 15 is 0 Å². The van der Waals surface area contributed by atoms with Crippen molar-refractivity contribution in [1.82, 2.24) is 4.98 Å². The van der Waals surface area contributed by atoms with Gasteiger partial charge in [-0.25, -0.2) is 0 Å². The SMILES string of the molecule is Nc1cccc(-c2cccc3c2[nH]c2ccc4ccc(O)cc4c23)c1. The Kier molecular flexibility index (Phi) is 2.80. The van der Waals surface area contributed by atoms with Crippen LogP contribution in [0, 0.1) is 0 Å². The number of phenols is 1. The molecule has 4 aromatic carbocycles. The number of aromatic hydroxyl groups is 1. The van der Waals surface area contributed by atoms with E-state index in [0.717, 1.165) is 49.4 Å². The third-order valence-electron chi connectivity index (χ3n) is 4.80. The molecule has 3 heteroatoms. The van der Waals surface area contributed by atoms with Crippen LogP contribution in [0.2, 0.25) is 0 Å². The van der Waals surface area contributed by atoms with Gasteiger partial charge in [-0.1, -0.05) is 42.5 Å². The fraction of sp³-hybridized carbons (Fsp3) is 0. The van der Waals surface area contributed by atoms with E-state index in [1.807, 2.05) is 30.3 Å². The zero-order valence-corrected chi connectivity index (χ0v) is 13.5. The molecule has 0 saturated carbocycles. The van der Waals surface area contributed by atoms with Crippen LogP contribution < -0.4 is 5.73 Å². The summed E-state index contributed by atoms with van der Waals surface area (Å²) < 4.78 is 0. The highest BCUT2D eigenvalue weighted by molar-refractivity contribution is 6.22. The summed E-state index contributed by atoms with van der Waals surface area (Å²) in [6.45, 7) is 0. The maximum Gasteiger partial charge on any atom is 0.116 e. The van der Waals surface area contributed by atoms with Crippen LogP contribution in [0.4, 0.5) is 5.69 Å². The number of phenolic OH excluding ortho intramolecular Hbond substituents is 1. The number of anilines is 1. The Balaban J connectivity index is 1.93. The quantitative estimate of drug-likeness (QED) is 0.360. The Labute approximate surface area is 144 Å². The molecule has 3 nitrogen and oxygen atoms in total. The zero-order valence-electron chi connectivity index (χ0n) is 13.5. The maximum atomic E-state index is 9.94. The van der Waals surface area contributed by atoms with Gasteiger partial charge in [0, 0.05) is 27.5 Å². The number of nitrogens with one attached hydrogen (secondary N) is 1. The molecule has 0 aliphatic rings. The molecule has 0 aliphatic heterocycles. The summed E-state index contributed by atoms with van der Waals surface area (Å²) in [5.74, 6) is 0.279. The van der Waals surface area contributed by atoms with E-state index in [4.69, 9.17) is 5.73 Å². The standard InChI is InChI=1S/C22H16N2O/c23-15-4-1-3-14(11-15)17-5-2-6-18-21-19-12-16(25)9-7-13(19)8-10-20(21)24-22(17)18/h1-12,24-25H,23H2. The number of para-hydroxylation sites is 1. The number of aromatic nitrogens is 1. The first kappa shape index (κ1) is 13.9. The molecule has 0 unspecified atom stereocenters. The van der Waals surface area contributed by atoms with E-state index in [2.05, 4.69) is 41.4 Å². The van der Waals surface area contributed by atoms with Gasteiger partial charge in [0.2, 0.25) is 0 Å². The lowest BCUT2D eigenvalue weighted by Crippen LogP contribution is -1.86. The Morgan fingerprint density at radius 3 is 2.52 bits per heavy atom. The second-order valence-electron chi connectivity index (χ2n) is 6.37. The van der Waals surface area contributed by atoms with Gasteiger partial charge in [0.05, 0.1) is 5.52 Å². The fourth-order valence-corrected chi connectivity index (χ4v) is 3.68. The lowest BCUT2D eigenvalue weighted by molar-refractivity contribution is 0.476. The van der Waals surface area contributed by atoms with Crippen LogP contribution in [-0.2, 0) is 0 Å². The van der Waals surface area contributed by atoms with Crippen molar-refractivity contribution < 1.29 is 5.11 Å². The lowest BCUT2D eigenvalue weighted by Gasteiger charge is -2.05. The molecule has 5 rings (SSSR count). The van der Waals surface area contributed by atoms with Crippen molar-refractivity contribution in [3.8, 4) is 16.9 Å². The highest BCUT2D eigenvalue weighted by atomic mass is 16.3. The number of rotatable bonds is 1. The molecule has 1 heterocycles. The van der Waals surface area contributed by atoms with Crippen molar-refractivity contribution >= 4 is 38.3 Å². The number of nitrogen functional groups attached to an aromatic ring is 1. The molecule has 0 bridgehead atoms. The molecule has 4 N–H and O–H groups in total. The third kappa shape index (κ3) is 2.06. The van der Waals surface area contributed by atoms with Crippen LogP contribution in [0.25, 0.3) is 43.7 Å². The maximum absolute atomic E-state index is 9.94. The minimum Gasteiger partial charge on any atom is -0.508 e. The second kappa shape index (κ2) is 5.02. The zero-order chi connectivity index (χ0) is 17.0. The van der Waals surface area contributed by atoms with Gasteiger partial charge in [0.1, 0.15) is 5.75 Å². The topological polar surface area (TPSA) is 62.0 Å². The Hall–Kier alpha value is -3.46. The van der Waals surface area contributed by atoms with Crippen molar-refractivity contribution in [1.29, 1.82) is 0 Å². The van der Waals surface area contributed by atoms with Gasteiger partial charge in [-0.2, -0.15) is 0 Å². The highest BCUT2D eigenvalue weighted by Gasteiger charge is 2.12. The molecule has 0 aliphatic carbocycles. The number of benzene rings is 4. The number of H-pyrrole nitrogens is 1. The van der Waals surface area contributed by atoms with Gasteiger partial charge in [0.25, 0.3) is 0 Å². The number of hydrogen-bond donors (Lipinski definition) is 3. The van der Waals surface area contributed by atoms with Gasteiger partial charge in [0.15, 0.2) is 0 Å². The molecule has 0 spiro atoms. The molecule has 0 radical (unpaired) electrons. The second-order valence-corrected chi connectivity index (χ2v) is 6.37. The predicted octanol–water partition coefficient (Wildman–Crippen LogP) is 5.43. The van der Waals surface area contributed by atoms with Gasteiger partial charge in [-0.05, 0) is 46.7 Å². The van der Waals surface area contributed by atoms with Crippen LogP contribution in [0.15, 0.2) is 72.8 Å². The molecule has 25 heavy (non-hydrogen) atoms. The Morgan fingerprint density at radius 1 is 0.800 bits per heavy atom. The summed E-state index contributed by atoms with van der Waals surface area (Å²) in [6.07, 6.45) is 0. The van der Waals surface area contributed by atoms with Gasteiger partial charge in [-0.15, -0.1) is 0 Å². The molecule has 120 valence electrons. The van der Waals surface area contributed by atoms with Crippen molar-refractivity contribution in [2.45, 2.75) is 0 Å². The average Bonchev–Trinajstić information content (AvgIpc) is 3.00. The molecule has 0 atom stereocenters. The Bertz CT molecular complexity index is 1270. The summed E-state index contributed by atoms with van der Waals surface area (Å²) in [7, 11) is 0. The molecule has 0 amide bonds. The summed E-state index contributed by atoms with van der Waals surface area (Å²) in [6, 6.07) is 23.9. The van der Waals surface area contributed by atoms with Crippen LogP contribution in [0.5, 0.6) is 5.75 Å². The minimum atomic E-state index is 0.279. The monoisotopic (exact) mass is 324 g/mol. The van der Waals surface area contributed by atoms with E-state index in [0.29, 0.717) is 0 Å². The predicted molar refractivity (Wildman–Crippen MR) is 105 cm³/mol. The average molecular weight is 324 g/mol. The highest BCUT2D eigenvalue weighted by Crippen LogP contribution is 2.37.